The van der Waals surface area contributed by atoms with Crippen LogP contribution in [0.15, 0.2) is 66.7 Å². The number of carbonyl (C=O) groups is 2. The second-order valence-electron chi connectivity index (χ2n) is 9.54. The summed E-state index contributed by atoms with van der Waals surface area (Å²) in [6.07, 6.45) is 0. The van der Waals surface area contributed by atoms with Crippen molar-refractivity contribution in [3.63, 3.8) is 0 Å². The number of hydrogen-bond donors (Lipinski definition) is 1. The van der Waals surface area contributed by atoms with Crippen molar-refractivity contribution in [2.75, 3.05) is 44.7 Å². The van der Waals surface area contributed by atoms with Gasteiger partial charge >= 0.3 is 5.97 Å². The van der Waals surface area contributed by atoms with Crippen LogP contribution >= 0.6 is 0 Å². The Labute approximate surface area is 240 Å². The van der Waals surface area contributed by atoms with E-state index >= 15 is 0 Å². The topological polar surface area (TPSA) is 99.2 Å². The minimum absolute atomic E-state index is 0.282. The summed E-state index contributed by atoms with van der Waals surface area (Å²) in [7, 11) is 4.59. The Morgan fingerprint density at radius 2 is 1.56 bits per heavy atom. The normalized spacial score (nSPS) is 10.8. The van der Waals surface area contributed by atoms with Crippen molar-refractivity contribution in [2.24, 2.45) is 0 Å². The standard InChI is InChI=1S/C32H35N3O6/c1-7-35(20(2)3)23-14-12-22(13-15-23)33-30(36)19-41-32(37)25-18-27(34-26-11-9-8-10-24(25)26)21-16-28(38-4)31(40-6)29(17-21)39-5/h8-18,20H,7,19H2,1-6H3,(H,33,36). The summed E-state index contributed by atoms with van der Waals surface area (Å²) < 4.78 is 21.8. The summed E-state index contributed by atoms with van der Waals surface area (Å²) in [4.78, 5) is 32.9. The molecule has 1 N–H and O–H groups in total. The molecule has 3 aromatic carbocycles. The summed E-state index contributed by atoms with van der Waals surface area (Å²) in [5.74, 6) is 0.278. The third kappa shape index (κ3) is 6.51. The van der Waals surface area contributed by atoms with Crippen LogP contribution in [-0.2, 0) is 9.53 Å². The van der Waals surface area contributed by atoms with Crippen LogP contribution < -0.4 is 24.4 Å². The number of aromatic nitrogens is 1. The Kier molecular flexibility index (Phi) is 9.29. The number of nitrogens with one attached hydrogen (secondary N) is 1. The number of anilines is 2. The van der Waals surface area contributed by atoms with Gasteiger partial charge in [-0.1, -0.05) is 18.2 Å². The number of nitrogens with zero attached hydrogens (tertiary/aromatic N) is 2. The maximum atomic E-state index is 13.3. The first kappa shape index (κ1) is 29.2. The van der Waals surface area contributed by atoms with Crippen molar-refractivity contribution in [3.8, 4) is 28.5 Å². The average Bonchev–Trinajstić information content (AvgIpc) is 2.99. The molecule has 214 valence electrons. The molecule has 41 heavy (non-hydrogen) atoms. The number of para-hydroxylation sites is 1. The zero-order valence-corrected chi connectivity index (χ0v) is 24.2. The molecular weight excluding hydrogens is 522 g/mol. The lowest BCUT2D eigenvalue weighted by Gasteiger charge is -2.27. The summed E-state index contributed by atoms with van der Waals surface area (Å²) in [6.45, 7) is 6.80. The third-order valence-electron chi connectivity index (χ3n) is 6.68. The van der Waals surface area contributed by atoms with Gasteiger partial charge in [0, 0.05) is 34.9 Å². The van der Waals surface area contributed by atoms with Crippen LogP contribution in [0, 0.1) is 0 Å². The molecule has 9 heteroatoms. The van der Waals surface area contributed by atoms with E-state index in [2.05, 4.69) is 31.0 Å². The second-order valence-corrected chi connectivity index (χ2v) is 9.54. The Morgan fingerprint density at radius 3 is 2.15 bits per heavy atom. The minimum Gasteiger partial charge on any atom is -0.493 e. The first-order chi connectivity index (χ1) is 19.8. The third-order valence-corrected chi connectivity index (χ3v) is 6.68. The van der Waals surface area contributed by atoms with Crippen molar-refractivity contribution in [2.45, 2.75) is 26.8 Å². The zero-order valence-electron chi connectivity index (χ0n) is 24.2. The van der Waals surface area contributed by atoms with E-state index in [0.717, 1.165) is 12.2 Å². The lowest BCUT2D eigenvalue weighted by Crippen LogP contribution is -2.30. The van der Waals surface area contributed by atoms with Gasteiger partial charge < -0.3 is 29.2 Å². The van der Waals surface area contributed by atoms with Crippen molar-refractivity contribution < 1.29 is 28.5 Å². The molecule has 0 atom stereocenters. The predicted molar refractivity (Wildman–Crippen MR) is 160 cm³/mol. The van der Waals surface area contributed by atoms with E-state index in [1.54, 1.807) is 24.3 Å². The summed E-state index contributed by atoms with van der Waals surface area (Å²) in [6, 6.07) is 20.3. The van der Waals surface area contributed by atoms with Crippen molar-refractivity contribution in [1.82, 2.24) is 4.98 Å². The molecular formula is C32H35N3O6. The van der Waals surface area contributed by atoms with Gasteiger partial charge in [0.05, 0.1) is 38.1 Å². The lowest BCUT2D eigenvalue weighted by atomic mass is 10.0. The maximum absolute atomic E-state index is 13.3. The van der Waals surface area contributed by atoms with E-state index in [1.165, 1.54) is 21.3 Å². The fraction of sp³-hybridized carbons (Fsp3) is 0.281. The molecule has 0 aliphatic rings. The fourth-order valence-electron chi connectivity index (χ4n) is 4.71. The van der Waals surface area contributed by atoms with E-state index in [9.17, 15) is 9.59 Å². The van der Waals surface area contributed by atoms with E-state index < -0.39 is 18.5 Å². The Morgan fingerprint density at radius 1 is 0.902 bits per heavy atom. The van der Waals surface area contributed by atoms with Gasteiger partial charge in [-0.15, -0.1) is 0 Å². The number of pyridine rings is 1. The molecule has 4 rings (SSSR count). The molecule has 0 spiro atoms. The molecule has 0 saturated carbocycles. The highest BCUT2D eigenvalue weighted by molar-refractivity contribution is 6.05. The van der Waals surface area contributed by atoms with Crippen LogP contribution in [0.2, 0.25) is 0 Å². The van der Waals surface area contributed by atoms with E-state index in [-0.39, 0.29) is 5.56 Å². The number of rotatable bonds is 11. The average molecular weight is 558 g/mol. The van der Waals surface area contributed by atoms with Gasteiger partial charge in [0.1, 0.15) is 0 Å². The van der Waals surface area contributed by atoms with Gasteiger partial charge in [-0.05, 0) is 69.3 Å². The summed E-state index contributed by atoms with van der Waals surface area (Å²) >= 11 is 0. The summed E-state index contributed by atoms with van der Waals surface area (Å²) in [5, 5.41) is 3.39. The van der Waals surface area contributed by atoms with Crippen LogP contribution in [0.3, 0.4) is 0 Å². The summed E-state index contributed by atoms with van der Waals surface area (Å²) in [5.41, 5.74) is 3.72. The minimum atomic E-state index is -0.640. The smallest absolute Gasteiger partial charge is 0.339 e. The number of hydrogen-bond acceptors (Lipinski definition) is 8. The van der Waals surface area contributed by atoms with Crippen molar-refractivity contribution in [3.05, 3.63) is 72.3 Å². The molecule has 1 heterocycles. The monoisotopic (exact) mass is 557 g/mol. The largest absolute Gasteiger partial charge is 0.493 e. The molecule has 0 saturated heterocycles. The number of carbonyl (C=O) groups excluding carboxylic acids is 2. The Hall–Kier alpha value is -4.79. The van der Waals surface area contributed by atoms with Crippen LogP contribution in [-0.4, -0.2) is 57.4 Å². The molecule has 0 bridgehead atoms. The Balaban J connectivity index is 1.55. The highest BCUT2D eigenvalue weighted by Crippen LogP contribution is 2.41. The second kappa shape index (κ2) is 13.0. The van der Waals surface area contributed by atoms with Crippen molar-refractivity contribution in [1.29, 1.82) is 0 Å². The quantitative estimate of drug-likeness (QED) is 0.226. The predicted octanol–water partition coefficient (Wildman–Crippen LogP) is 5.96. The van der Waals surface area contributed by atoms with Crippen LogP contribution in [0.5, 0.6) is 17.2 Å². The molecule has 0 aliphatic heterocycles. The van der Waals surface area contributed by atoms with Gasteiger partial charge in [0.15, 0.2) is 18.1 Å². The van der Waals surface area contributed by atoms with E-state index in [1.807, 2.05) is 42.5 Å². The molecule has 1 aromatic heterocycles. The number of methoxy groups -OCH3 is 3. The molecule has 0 fully saturated rings. The number of ether oxygens (including phenoxy) is 4. The van der Waals surface area contributed by atoms with Crippen LogP contribution in [0.1, 0.15) is 31.1 Å². The number of amides is 1. The molecule has 9 nitrogen and oxygen atoms in total. The van der Waals surface area contributed by atoms with Gasteiger partial charge in [-0.3, -0.25) is 4.79 Å². The molecule has 1 amide bonds. The SMILES string of the molecule is CCN(c1ccc(NC(=O)COC(=O)c2cc(-c3cc(OC)c(OC)c(OC)c3)nc3ccccc23)cc1)C(C)C. The van der Waals surface area contributed by atoms with Gasteiger partial charge in [0.2, 0.25) is 5.75 Å². The zero-order chi connectivity index (χ0) is 29.5. The number of benzene rings is 3. The van der Waals surface area contributed by atoms with Gasteiger partial charge in [-0.25, -0.2) is 9.78 Å². The van der Waals surface area contributed by atoms with E-state index in [4.69, 9.17) is 23.9 Å². The Bertz CT molecular complexity index is 1510. The highest BCUT2D eigenvalue weighted by Gasteiger charge is 2.20. The van der Waals surface area contributed by atoms with Crippen LogP contribution in [0.4, 0.5) is 11.4 Å². The molecule has 0 radical (unpaired) electrons. The molecule has 4 aromatic rings. The van der Waals surface area contributed by atoms with Gasteiger partial charge in [0.25, 0.3) is 5.91 Å². The number of esters is 1. The van der Waals surface area contributed by atoms with Crippen molar-refractivity contribution >= 4 is 34.2 Å². The molecule has 0 aliphatic carbocycles. The highest BCUT2D eigenvalue weighted by atomic mass is 16.5. The lowest BCUT2D eigenvalue weighted by molar-refractivity contribution is -0.119. The molecule has 0 unspecified atom stereocenters. The van der Waals surface area contributed by atoms with E-state index in [0.29, 0.717) is 51.1 Å². The van der Waals surface area contributed by atoms with Crippen LogP contribution in [0.25, 0.3) is 22.2 Å². The fourth-order valence-corrected chi connectivity index (χ4v) is 4.71. The maximum Gasteiger partial charge on any atom is 0.339 e. The first-order valence-electron chi connectivity index (χ1n) is 13.3. The first-order valence-corrected chi connectivity index (χ1v) is 13.3. The number of fused-ring (bicyclic) bond motifs is 1. The van der Waals surface area contributed by atoms with Gasteiger partial charge in [-0.2, -0.15) is 0 Å².